The van der Waals surface area contributed by atoms with Crippen LogP contribution in [-0.2, 0) is 0 Å². The van der Waals surface area contributed by atoms with Gasteiger partial charge in [-0.1, -0.05) is 16.8 Å². The first kappa shape index (κ1) is 13.1. The van der Waals surface area contributed by atoms with Gasteiger partial charge >= 0.3 is 0 Å². The molecule has 1 saturated heterocycles. The fourth-order valence-corrected chi connectivity index (χ4v) is 2.59. The quantitative estimate of drug-likeness (QED) is 0.850. The summed E-state index contributed by atoms with van der Waals surface area (Å²) in [4.78, 5) is 22.1. The third kappa shape index (κ3) is 2.38. The summed E-state index contributed by atoms with van der Waals surface area (Å²) >= 11 is 5.78. The van der Waals surface area contributed by atoms with Gasteiger partial charge < -0.3 is 9.42 Å². The molecule has 1 aliphatic rings. The molecule has 104 valence electrons. The Labute approximate surface area is 120 Å². The van der Waals surface area contributed by atoms with Crippen molar-refractivity contribution in [3.05, 3.63) is 40.8 Å². The van der Waals surface area contributed by atoms with Crippen LogP contribution in [0, 0.1) is 6.92 Å². The van der Waals surface area contributed by atoms with Crippen molar-refractivity contribution < 1.29 is 9.32 Å². The predicted octanol–water partition coefficient (Wildman–Crippen LogP) is 2.40. The van der Waals surface area contributed by atoms with E-state index in [1.807, 2.05) is 13.0 Å². The second-order valence-electron chi connectivity index (χ2n) is 4.75. The number of halogens is 1. The molecule has 7 heteroatoms. The predicted molar refractivity (Wildman–Crippen MR) is 71.3 cm³/mol. The molecule has 3 rings (SSSR count). The fourth-order valence-electron chi connectivity index (χ4n) is 2.44. The van der Waals surface area contributed by atoms with Crippen molar-refractivity contribution in [1.82, 2.24) is 20.0 Å². The second-order valence-corrected chi connectivity index (χ2v) is 5.14. The first-order chi connectivity index (χ1) is 9.65. The number of aromatic nitrogens is 3. The van der Waals surface area contributed by atoms with E-state index >= 15 is 0 Å². The van der Waals surface area contributed by atoms with Crippen LogP contribution >= 0.6 is 11.6 Å². The lowest BCUT2D eigenvalue weighted by molar-refractivity contribution is 0.0708. The minimum Gasteiger partial charge on any atom is -0.359 e. The topological polar surface area (TPSA) is 72.1 Å². The molecule has 2 aromatic heterocycles. The summed E-state index contributed by atoms with van der Waals surface area (Å²) in [5.74, 6) is 0.528. The van der Waals surface area contributed by atoms with E-state index < -0.39 is 0 Å². The monoisotopic (exact) mass is 292 g/mol. The molecule has 0 spiro atoms. The fraction of sp³-hybridized carbons (Fsp3) is 0.385. The molecule has 1 amide bonds. The molecule has 0 aromatic carbocycles. The van der Waals surface area contributed by atoms with Crippen LogP contribution in [0.2, 0.25) is 5.15 Å². The third-order valence-corrected chi connectivity index (χ3v) is 3.49. The number of hydrogen-bond acceptors (Lipinski definition) is 5. The van der Waals surface area contributed by atoms with Gasteiger partial charge in [-0.15, -0.1) is 0 Å². The standard InChI is InChI=1S/C13H13ClN4O2/c1-8-5-11(20-17-8)10-3-2-4-18(10)13(19)9-6-15-7-12(14)16-9/h5-7,10H,2-4H2,1H3. The number of carbonyl (C=O) groups is 1. The second kappa shape index (κ2) is 5.20. The van der Waals surface area contributed by atoms with Crippen molar-refractivity contribution in [2.24, 2.45) is 0 Å². The largest absolute Gasteiger partial charge is 0.359 e. The van der Waals surface area contributed by atoms with Crippen molar-refractivity contribution in [3.8, 4) is 0 Å². The molecule has 0 aliphatic carbocycles. The van der Waals surface area contributed by atoms with Gasteiger partial charge in [0.25, 0.3) is 5.91 Å². The molecule has 2 aromatic rings. The van der Waals surface area contributed by atoms with E-state index in [1.165, 1.54) is 12.4 Å². The van der Waals surface area contributed by atoms with Crippen molar-refractivity contribution in [2.75, 3.05) is 6.54 Å². The lowest BCUT2D eigenvalue weighted by Crippen LogP contribution is -2.31. The summed E-state index contributed by atoms with van der Waals surface area (Å²) in [7, 11) is 0. The molecule has 6 nitrogen and oxygen atoms in total. The molecule has 1 fully saturated rings. The zero-order valence-electron chi connectivity index (χ0n) is 10.9. The van der Waals surface area contributed by atoms with Crippen LogP contribution in [0.4, 0.5) is 0 Å². The van der Waals surface area contributed by atoms with Crippen molar-refractivity contribution in [2.45, 2.75) is 25.8 Å². The van der Waals surface area contributed by atoms with Crippen molar-refractivity contribution in [1.29, 1.82) is 0 Å². The Balaban J connectivity index is 1.87. The highest BCUT2D eigenvalue weighted by molar-refractivity contribution is 6.29. The van der Waals surface area contributed by atoms with Gasteiger partial charge in [-0.25, -0.2) is 4.98 Å². The number of hydrogen-bond donors (Lipinski definition) is 0. The maximum absolute atomic E-state index is 12.5. The van der Waals surface area contributed by atoms with Crippen LogP contribution in [-0.4, -0.2) is 32.5 Å². The van der Waals surface area contributed by atoms with Gasteiger partial charge in [0, 0.05) is 12.6 Å². The van der Waals surface area contributed by atoms with Gasteiger partial charge in [-0.3, -0.25) is 9.78 Å². The number of nitrogens with zero attached hydrogens (tertiary/aromatic N) is 4. The molecular weight excluding hydrogens is 280 g/mol. The van der Waals surface area contributed by atoms with Gasteiger partial charge in [-0.05, 0) is 19.8 Å². The number of amides is 1. The third-order valence-electron chi connectivity index (χ3n) is 3.31. The first-order valence-corrected chi connectivity index (χ1v) is 6.74. The minimum atomic E-state index is -0.184. The molecular formula is C13H13ClN4O2. The van der Waals surface area contributed by atoms with E-state index in [4.69, 9.17) is 16.1 Å². The summed E-state index contributed by atoms with van der Waals surface area (Å²) in [6.07, 6.45) is 4.60. The molecule has 3 heterocycles. The van der Waals surface area contributed by atoms with E-state index in [2.05, 4.69) is 15.1 Å². The van der Waals surface area contributed by atoms with Crippen molar-refractivity contribution in [3.63, 3.8) is 0 Å². The summed E-state index contributed by atoms with van der Waals surface area (Å²) < 4.78 is 5.28. The number of likely N-dealkylation sites (tertiary alicyclic amines) is 1. The highest BCUT2D eigenvalue weighted by Crippen LogP contribution is 2.33. The Morgan fingerprint density at radius 3 is 3.05 bits per heavy atom. The van der Waals surface area contributed by atoms with E-state index in [0.29, 0.717) is 12.3 Å². The lowest BCUT2D eigenvalue weighted by atomic mass is 10.1. The molecule has 20 heavy (non-hydrogen) atoms. The zero-order valence-corrected chi connectivity index (χ0v) is 11.7. The Hall–Kier alpha value is -1.95. The van der Waals surface area contributed by atoms with Gasteiger partial charge in [0.2, 0.25) is 0 Å². The Kier molecular flexibility index (Phi) is 3.40. The van der Waals surface area contributed by atoms with Crippen LogP contribution < -0.4 is 0 Å². The molecule has 1 aliphatic heterocycles. The van der Waals surface area contributed by atoms with Crippen LogP contribution in [0.25, 0.3) is 0 Å². The van der Waals surface area contributed by atoms with Gasteiger partial charge in [0.15, 0.2) is 5.76 Å². The summed E-state index contributed by atoms with van der Waals surface area (Å²) in [5.41, 5.74) is 1.06. The SMILES string of the molecule is Cc1cc(C2CCCN2C(=O)c2cncc(Cl)n2)on1. The van der Waals surface area contributed by atoms with Crippen LogP contribution in [0.5, 0.6) is 0 Å². The number of carbonyl (C=O) groups excluding carboxylic acids is 1. The van der Waals surface area contributed by atoms with E-state index in [9.17, 15) is 4.79 Å². The van der Waals surface area contributed by atoms with Crippen LogP contribution in [0.1, 0.15) is 40.8 Å². The van der Waals surface area contributed by atoms with Gasteiger partial charge in [0.1, 0.15) is 10.8 Å². The zero-order chi connectivity index (χ0) is 14.1. The first-order valence-electron chi connectivity index (χ1n) is 6.37. The minimum absolute atomic E-state index is 0.0931. The van der Waals surface area contributed by atoms with Gasteiger partial charge in [0.05, 0.1) is 24.1 Å². The molecule has 1 atom stereocenters. The Morgan fingerprint density at radius 1 is 1.50 bits per heavy atom. The smallest absolute Gasteiger partial charge is 0.274 e. The average Bonchev–Trinajstić information content (AvgIpc) is 3.06. The Bertz CT molecular complexity index is 643. The lowest BCUT2D eigenvalue weighted by Gasteiger charge is -2.22. The molecule has 0 N–H and O–H groups in total. The number of aryl methyl sites for hydroxylation is 1. The van der Waals surface area contributed by atoms with Crippen LogP contribution in [0.15, 0.2) is 23.0 Å². The van der Waals surface area contributed by atoms with E-state index in [1.54, 1.807) is 4.90 Å². The van der Waals surface area contributed by atoms with Gasteiger partial charge in [-0.2, -0.15) is 0 Å². The Morgan fingerprint density at radius 2 is 2.35 bits per heavy atom. The van der Waals surface area contributed by atoms with Crippen LogP contribution in [0.3, 0.4) is 0 Å². The number of rotatable bonds is 2. The summed E-state index contributed by atoms with van der Waals surface area (Å²) in [6, 6.07) is 1.77. The van der Waals surface area contributed by atoms with Crippen molar-refractivity contribution >= 4 is 17.5 Å². The highest BCUT2D eigenvalue weighted by Gasteiger charge is 2.33. The van der Waals surface area contributed by atoms with E-state index in [-0.39, 0.29) is 22.8 Å². The van der Waals surface area contributed by atoms with E-state index in [0.717, 1.165) is 18.5 Å². The maximum atomic E-state index is 12.5. The normalized spacial score (nSPS) is 18.5. The molecule has 0 bridgehead atoms. The molecule has 1 unspecified atom stereocenters. The summed E-state index contributed by atoms with van der Waals surface area (Å²) in [6.45, 7) is 2.52. The average molecular weight is 293 g/mol. The maximum Gasteiger partial charge on any atom is 0.274 e. The molecule has 0 radical (unpaired) electrons. The highest BCUT2D eigenvalue weighted by atomic mass is 35.5. The molecule has 0 saturated carbocycles. The summed E-state index contributed by atoms with van der Waals surface area (Å²) in [5, 5.41) is 4.09.